The summed E-state index contributed by atoms with van der Waals surface area (Å²) in [6.07, 6.45) is 11.5. The quantitative estimate of drug-likeness (QED) is 0.944. The van der Waals surface area contributed by atoms with Crippen molar-refractivity contribution in [3.63, 3.8) is 0 Å². The molecule has 0 bridgehead atoms. The number of likely N-dealkylation sites (tertiary alicyclic amines) is 1. The third-order valence-corrected chi connectivity index (χ3v) is 5.00. The molecule has 5 heteroatoms. The lowest BCUT2D eigenvalue weighted by molar-refractivity contribution is 0.176. The van der Waals surface area contributed by atoms with E-state index in [9.17, 15) is 0 Å². The van der Waals surface area contributed by atoms with Gasteiger partial charge in [0.25, 0.3) is 0 Å². The minimum Gasteiger partial charge on any atom is -0.343 e. The van der Waals surface area contributed by atoms with E-state index in [1.54, 1.807) is 6.20 Å². The van der Waals surface area contributed by atoms with E-state index in [1.807, 2.05) is 19.2 Å². The molecule has 2 aliphatic rings. The summed E-state index contributed by atoms with van der Waals surface area (Å²) in [6, 6.07) is 3.14. The Kier molecular flexibility index (Phi) is 3.66. The maximum absolute atomic E-state index is 4.83. The lowest BCUT2D eigenvalue weighted by Crippen LogP contribution is -2.33. The second-order valence-electron chi connectivity index (χ2n) is 6.52. The topological polar surface area (TPSA) is 57.7 Å². The van der Waals surface area contributed by atoms with E-state index < -0.39 is 0 Å². The molecule has 0 aromatic carbocycles. The van der Waals surface area contributed by atoms with Crippen LogP contribution in [0.3, 0.4) is 0 Å². The van der Waals surface area contributed by atoms with Crippen LogP contribution in [0.1, 0.15) is 56.1 Å². The molecule has 0 radical (unpaired) electrons. The summed E-state index contributed by atoms with van der Waals surface area (Å²) in [5.74, 6) is 1.81. The van der Waals surface area contributed by atoms with Gasteiger partial charge in [-0.2, -0.15) is 0 Å². The number of nitrogens with one attached hydrogen (secondary N) is 1. The Bertz CT molecular complexity index is 631. The van der Waals surface area contributed by atoms with Gasteiger partial charge in [-0.1, -0.05) is 12.8 Å². The molecule has 1 saturated carbocycles. The second-order valence-corrected chi connectivity index (χ2v) is 6.52. The molecule has 2 aromatic rings. The highest BCUT2D eigenvalue weighted by Gasteiger charge is 2.34. The van der Waals surface area contributed by atoms with Crippen molar-refractivity contribution < 1.29 is 0 Å². The summed E-state index contributed by atoms with van der Waals surface area (Å²) >= 11 is 0. The normalized spacial score (nSPS) is 23.4. The first-order chi connectivity index (χ1) is 10.8. The van der Waals surface area contributed by atoms with Crippen molar-refractivity contribution in [2.45, 2.75) is 57.5 Å². The van der Waals surface area contributed by atoms with Crippen LogP contribution in [0.5, 0.6) is 0 Å². The molecule has 1 aliphatic heterocycles. The third-order valence-electron chi connectivity index (χ3n) is 5.00. The van der Waals surface area contributed by atoms with Gasteiger partial charge in [0.05, 0.1) is 6.04 Å². The zero-order valence-corrected chi connectivity index (χ0v) is 13.1. The van der Waals surface area contributed by atoms with Crippen LogP contribution in [0.25, 0.3) is 11.5 Å². The highest BCUT2D eigenvalue weighted by atomic mass is 15.2. The van der Waals surface area contributed by atoms with Gasteiger partial charge in [0, 0.05) is 24.1 Å². The molecule has 116 valence electrons. The largest absolute Gasteiger partial charge is 0.343 e. The van der Waals surface area contributed by atoms with Crippen molar-refractivity contribution in [3.8, 4) is 11.5 Å². The average Bonchev–Trinajstić information content (AvgIpc) is 3.26. The number of rotatable bonds is 3. The van der Waals surface area contributed by atoms with Gasteiger partial charge in [-0.25, -0.2) is 15.0 Å². The van der Waals surface area contributed by atoms with Crippen LogP contribution in [0.15, 0.2) is 18.5 Å². The van der Waals surface area contributed by atoms with Gasteiger partial charge in [-0.15, -0.1) is 0 Å². The zero-order chi connectivity index (χ0) is 14.9. The first-order valence-electron chi connectivity index (χ1n) is 8.42. The highest BCUT2D eigenvalue weighted by molar-refractivity contribution is 5.49. The number of imidazole rings is 1. The molecular weight excluding hydrogens is 274 g/mol. The molecule has 5 nitrogen and oxygen atoms in total. The number of H-pyrrole nitrogens is 1. The van der Waals surface area contributed by atoms with E-state index in [4.69, 9.17) is 9.97 Å². The van der Waals surface area contributed by atoms with Crippen molar-refractivity contribution in [1.29, 1.82) is 0 Å². The van der Waals surface area contributed by atoms with Crippen molar-refractivity contribution in [2.24, 2.45) is 0 Å². The lowest BCUT2D eigenvalue weighted by atomic mass is 10.1. The van der Waals surface area contributed by atoms with E-state index in [0.29, 0.717) is 6.04 Å². The number of hydrogen-bond donors (Lipinski definition) is 1. The van der Waals surface area contributed by atoms with Gasteiger partial charge in [0.15, 0.2) is 5.82 Å². The summed E-state index contributed by atoms with van der Waals surface area (Å²) in [6.45, 7) is 3.25. The van der Waals surface area contributed by atoms with Crippen LogP contribution in [-0.4, -0.2) is 37.4 Å². The van der Waals surface area contributed by atoms with E-state index in [0.717, 1.165) is 29.1 Å². The smallest absolute Gasteiger partial charge is 0.156 e. The van der Waals surface area contributed by atoms with Crippen LogP contribution in [0.2, 0.25) is 0 Å². The number of aromatic amines is 1. The Hall–Kier alpha value is -1.75. The molecule has 3 heterocycles. The van der Waals surface area contributed by atoms with Crippen LogP contribution in [0, 0.1) is 6.92 Å². The highest BCUT2D eigenvalue weighted by Crippen LogP contribution is 2.37. The lowest BCUT2D eigenvalue weighted by Gasteiger charge is -2.29. The molecule has 2 fully saturated rings. The molecule has 1 saturated heterocycles. The van der Waals surface area contributed by atoms with E-state index in [1.165, 1.54) is 45.1 Å². The Morgan fingerprint density at radius 3 is 2.77 bits per heavy atom. The molecule has 22 heavy (non-hydrogen) atoms. The minimum atomic E-state index is 0.386. The second kappa shape index (κ2) is 5.80. The fraction of sp³-hybridized carbons (Fsp3) is 0.588. The third kappa shape index (κ3) is 2.54. The van der Waals surface area contributed by atoms with Crippen molar-refractivity contribution in [1.82, 2.24) is 24.8 Å². The molecule has 1 atom stereocenters. The van der Waals surface area contributed by atoms with Gasteiger partial charge >= 0.3 is 0 Å². The molecule has 1 aliphatic carbocycles. The number of aryl methyl sites for hydroxylation is 1. The SMILES string of the molecule is Cc1cc(-c2ncc[nH]2)nc([C@H]2CCCN2C2CCCC2)n1. The van der Waals surface area contributed by atoms with Gasteiger partial charge in [0.1, 0.15) is 11.5 Å². The Labute approximate surface area is 131 Å². The maximum Gasteiger partial charge on any atom is 0.156 e. The fourth-order valence-electron chi connectivity index (χ4n) is 4.01. The van der Waals surface area contributed by atoms with Gasteiger partial charge < -0.3 is 4.98 Å². The fourth-order valence-corrected chi connectivity index (χ4v) is 4.01. The molecule has 1 N–H and O–H groups in total. The monoisotopic (exact) mass is 297 g/mol. The van der Waals surface area contributed by atoms with Crippen molar-refractivity contribution in [2.75, 3.05) is 6.54 Å². The van der Waals surface area contributed by atoms with Crippen LogP contribution in [0.4, 0.5) is 0 Å². The molecular formula is C17H23N5. The summed E-state index contributed by atoms with van der Waals surface area (Å²) < 4.78 is 0. The first kappa shape index (κ1) is 13.9. The maximum atomic E-state index is 4.83. The predicted octanol–water partition coefficient (Wildman–Crippen LogP) is 3.25. The summed E-state index contributed by atoms with van der Waals surface area (Å²) in [5, 5.41) is 0. The Morgan fingerprint density at radius 1 is 1.14 bits per heavy atom. The van der Waals surface area contributed by atoms with Crippen LogP contribution in [-0.2, 0) is 0 Å². The average molecular weight is 297 g/mol. The minimum absolute atomic E-state index is 0.386. The predicted molar refractivity (Wildman–Crippen MR) is 85.3 cm³/mol. The Morgan fingerprint density at radius 2 is 2.00 bits per heavy atom. The first-order valence-corrected chi connectivity index (χ1v) is 8.42. The summed E-state index contributed by atoms with van der Waals surface area (Å²) in [4.78, 5) is 19.7. The number of nitrogens with zero attached hydrogens (tertiary/aromatic N) is 4. The van der Waals surface area contributed by atoms with Gasteiger partial charge in [-0.3, -0.25) is 4.90 Å². The van der Waals surface area contributed by atoms with Crippen molar-refractivity contribution >= 4 is 0 Å². The van der Waals surface area contributed by atoms with Gasteiger partial charge in [-0.05, 0) is 45.2 Å². The molecule has 2 aromatic heterocycles. The van der Waals surface area contributed by atoms with Gasteiger partial charge in [0.2, 0.25) is 0 Å². The van der Waals surface area contributed by atoms with Crippen molar-refractivity contribution in [3.05, 3.63) is 30.0 Å². The molecule has 4 rings (SSSR count). The number of aromatic nitrogens is 4. The molecule has 0 amide bonds. The van der Waals surface area contributed by atoms with Crippen LogP contribution >= 0.6 is 0 Å². The van der Waals surface area contributed by atoms with E-state index in [-0.39, 0.29) is 0 Å². The van der Waals surface area contributed by atoms with E-state index >= 15 is 0 Å². The Balaban J connectivity index is 1.66. The van der Waals surface area contributed by atoms with E-state index in [2.05, 4.69) is 14.9 Å². The molecule has 0 unspecified atom stereocenters. The van der Waals surface area contributed by atoms with Crippen LogP contribution < -0.4 is 0 Å². The standard InChI is InChI=1S/C17H23N5/c1-12-11-14(16-18-8-9-19-16)21-17(20-12)15-7-4-10-22(15)13-5-2-3-6-13/h8-9,11,13,15H,2-7,10H2,1H3,(H,18,19)/t15-/m1/s1. The summed E-state index contributed by atoms with van der Waals surface area (Å²) in [5.41, 5.74) is 1.93. The zero-order valence-electron chi connectivity index (χ0n) is 13.1. The summed E-state index contributed by atoms with van der Waals surface area (Å²) in [7, 11) is 0. The molecule has 0 spiro atoms. The number of hydrogen-bond acceptors (Lipinski definition) is 4.